The summed E-state index contributed by atoms with van der Waals surface area (Å²) in [4.78, 5) is 22.1. The third-order valence-electron chi connectivity index (χ3n) is 3.10. The van der Waals surface area contributed by atoms with Crippen LogP contribution in [0.2, 0.25) is 0 Å². The standard InChI is InChI=1S/C15H22N2O5S/c1-2-17-23(21,22)13-9-7-12(8-10-13)11-16-14(18)5-3-4-6-15(19)20/h7-10,17H,2-6,11H2,1H3,(H,16,18)(H,19,20). The first kappa shape index (κ1) is 19.1. The molecule has 0 fully saturated rings. The van der Waals surface area contributed by atoms with Crippen molar-refractivity contribution in [1.29, 1.82) is 0 Å². The number of hydrogen-bond acceptors (Lipinski definition) is 4. The van der Waals surface area contributed by atoms with Gasteiger partial charge in [-0.25, -0.2) is 13.1 Å². The van der Waals surface area contributed by atoms with Gasteiger partial charge in [0.15, 0.2) is 0 Å². The van der Waals surface area contributed by atoms with Crippen molar-refractivity contribution in [2.24, 2.45) is 0 Å². The maximum atomic E-state index is 11.8. The molecule has 0 aliphatic rings. The first-order valence-corrected chi connectivity index (χ1v) is 8.90. The molecule has 23 heavy (non-hydrogen) atoms. The van der Waals surface area contributed by atoms with Crippen molar-refractivity contribution in [3.8, 4) is 0 Å². The molecule has 0 unspecified atom stereocenters. The summed E-state index contributed by atoms with van der Waals surface area (Å²) in [5.41, 5.74) is 0.791. The summed E-state index contributed by atoms with van der Waals surface area (Å²) >= 11 is 0. The number of carbonyl (C=O) groups excluding carboxylic acids is 1. The van der Waals surface area contributed by atoms with Crippen LogP contribution in [0.5, 0.6) is 0 Å². The van der Waals surface area contributed by atoms with Gasteiger partial charge in [-0.2, -0.15) is 0 Å². The molecule has 0 atom stereocenters. The number of unbranched alkanes of at least 4 members (excludes halogenated alkanes) is 1. The first-order chi connectivity index (χ1) is 10.8. The molecule has 1 rings (SSSR count). The number of hydrogen-bond donors (Lipinski definition) is 3. The smallest absolute Gasteiger partial charge is 0.303 e. The molecule has 0 radical (unpaired) electrons. The van der Waals surface area contributed by atoms with Gasteiger partial charge in [0.2, 0.25) is 15.9 Å². The fourth-order valence-corrected chi connectivity index (χ4v) is 2.95. The van der Waals surface area contributed by atoms with Gasteiger partial charge in [-0.05, 0) is 30.5 Å². The third-order valence-corrected chi connectivity index (χ3v) is 4.66. The number of carbonyl (C=O) groups is 2. The molecule has 7 nitrogen and oxygen atoms in total. The van der Waals surface area contributed by atoms with Crippen molar-refractivity contribution in [3.63, 3.8) is 0 Å². The van der Waals surface area contributed by atoms with Crippen molar-refractivity contribution in [2.45, 2.75) is 44.0 Å². The molecule has 1 aromatic carbocycles. The molecule has 0 saturated heterocycles. The summed E-state index contributed by atoms with van der Waals surface area (Å²) in [7, 11) is -3.47. The van der Waals surface area contributed by atoms with E-state index in [2.05, 4.69) is 10.0 Å². The molecule has 0 aromatic heterocycles. The van der Waals surface area contributed by atoms with Crippen LogP contribution in [0.15, 0.2) is 29.2 Å². The van der Waals surface area contributed by atoms with Crippen LogP contribution in [0.1, 0.15) is 38.2 Å². The van der Waals surface area contributed by atoms with Gasteiger partial charge in [-0.3, -0.25) is 9.59 Å². The Bertz CT molecular complexity index is 626. The van der Waals surface area contributed by atoms with Crippen LogP contribution >= 0.6 is 0 Å². The molecule has 1 amide bonds. The van der Waals surface area contributed by atoms with Crippen molar-refractivity contribution in [2.75, 3.05) is 6.54 Å². The van der Waals surface area contributed by atoms with E-state index in [4.69, 9.17) is 5.11 Å². The van der Waals surface area contributed by atoms with Gasteiger partial charge in [0.1, 0.15) is 0 Å². The van der Waals surface area contributed by atoms with Gasteiger partial charge < -0.3 is 10.4 Å². The average Bonchev–Trinajstić information content (AvgIpc) is 2.50. The lowest BCUT2D eigenvalue weighted by Gasteiger charge is -2.07. The monoisotopic (exact) mass is 342 g/mol. The molecule has 1 aromatic rings. The minimum atomic E-state index is -3.47. The third kappa shape index (κ3) is 7.25. The zero-order valence-corrected chi connectivity index (χ0v) is 13.9. The highest BCUT2D eigenvalue weighted by Gasteiger charge is 2.11. The summed E-state index contributed by atoms with van der Waals surface area (Å²) < 4.78 is 26.0. The molecule has 8 heteroatoms. The second kappa shape index (κ2) is 9.26. The van der Waals surface area contributed by atoms with Crippen molar-refractivity contribution < 1.29 is 23.1 Å². The molecule has 0 spiro atoms. The minimum absolute atomic E-state index is 0.0645. The van der Waals surface area contributed by atoms with Gasteiger partial charge in [0.25, 0.3) is 0 Å². The second-order valence-electron chi connectivity index (χ2n) is 5.02. The van der Waals surface area contributed by atoms with Crippen molar-refractivity contribution in [3.05, 3.63) is 29.8 Å². The van der Waals surface area contributed by atoms with E-state index in [-0.39, 0.29) is 23.6 Å². The van der Waals surface area contributed by atoms with E-state index in [0.29, 0.717) is 25.9 Å². The molecule has 3 N–H and O–H groups in total. The summed E-state index contributed by atoms with van der Waals surface area (Å²) in [6.45, 7) is 2.33. The van der Waals surface area contributed by atoms with Crippen molar-refractivity contribution in [1.82, 2.24) is 10.0 Å². The fraction of sp³-hybridized carbons (Fsp3) is 0.467. The van der Waals surface area contributed by atoms with Crippen LogP contribution in [-0.2, 0) is 26.2 Å². The van der Waals surface area contributed by atoms with E-state index < -0.39 is 16.0 Å². The molecule has 0 saturated carbocycles. The maximum Gasteiger partial charge on any atom is 0.303 e. The van der Waals surface area contributed by atoms with Gasteiger partial charge >= 0.3 is 5.97 Å². The first-order valence-electron chi connectivity index (χ1n) is 7.42. The van der Waals surface area contributed by atoms with Crippen LogP contribution < -0.4 is 10.0 Å². The van der Waals surface area contributed by atoms with E-state index in [1.165, 1.54) is 12.1 Å². The molecular weight excluding hydrogens is 320 g/mol. The summed E-state index contributed by atoms with van der Waals surface area (Å²) in [6.07, 6.45) is 1.34. The zero-order chi connectivity index (χ0) is 17.3. The summed E-state index contributed by atoms with van der Waals surface area (Å²) in [6, 6.07) is 6.28. The van der Waals surface area contributed by atoms with Gasteiger partial charge in [-0.15, -0.1) is 0 Å². The predicted molar refractivity (Wildman–Crippen MR) is 85.3 cm³/mol. The summed E-state index contributed by atoms with van der Waals surface area (Å²) in [5.74, 6) is -1.02. The largest absolute Gasteiger partial charge is 0.481 e. The van der Waals surface area contributed by atoms with Crippen LogP contribution in [0.3, 0.4) is 0 Å². The number of nitrogens with one attached hydrogen (secondary N) is 2. The minimum Gasteiger partial charge on any atom is -0.481 e. The number of carboxylic acid groups (broad SMARTS) is 1. The van der Waals surface area contributed by atoms with E-state index >= 15 is 0 Å². The Labute approximate surface area is 136 Å². The van der Waals surface area contributed by atoms with E-state index in [1.54, 1.807) is 19.1 Å². The lowest BCUT2D eigenvalue weighted by atomic mass is 10.2. The van der Waals surface area contributed by atoms with Gasteiger partial charge in [-0.1, -0.05) is 19.1 Å². The molecular formula is C15H22N2O5S. The Balaban J connectivity index is 2.41. The number of aliphatic carboxylic acids is 1. The number of amides is 1. The predicted octanol–water partition coefficient (Wildman–Crippen LogP) is 1.25. The lowest BCUT2D eigenvalue weighted by Crippen LogP contribution is -2.24. The van der Waals surface area contributed by atoms with E-state index in [1.807, 2.05) is 0 Å². The Hall–Kier alpha value is -1.93. The van der Waals surface area contributed by atoms with Crippen LogP contribution in [0.25, 0.3) is 0 Å². The highest BCUT2D eigenvalue weighted by atomic mass is 32.2. The maximum absolute atomic E-state index is 11.8. The lowest BCUT2D eigenvalue weighted by molar-refractivity contribution is -0.137. The van der Waals surface area contributed by atoms with Gasteiger partial charge in [0.05, 0.1) is 4.90 Å². The molecule has 0 heterocycles. The van der Waals surface area contributed by atoms with E-state index in [0.717, 1.165) is 5.56 Å². The van der Waals surface area contributed by atoms with Crippen molar-refractivity contribution >= 4 is 21.9 Å². The second-order valence-corrected chi connectivity index (χ2v) is 6.79. The molecule has 0 bridgehead atoms. The number of carboxylic acids is 1. The van der Waals surface area contributed by atoms with E-state index in [9.17, 15) is 18.0 Å². The van der Waals surface area contributed by atoms with Gasteiger partial charge in [0, 0.05) is 25.9 Å². The summed E-state index contributed by atoms with van der Waals surface area (Å²) in [5, 5.41) is 11.2. The highest BCUT2D eigenvalue weighted by Crippen LogP contribution is 2.10. The Morgan fingerprint density at radius 3 is 2.26 bits per heavy atom. The highest BCUT2D eigenvalue weighted by molar-refractivity contribution is 7.89. The number of rotatable bonds is 10. The fourth-order valence-electron chi connectivity index (χ4n) is 1.91. The number of sulfonamides is 1. The SMILES string of the molecule is CCNS(=O)(=O)c1ccc(CNC(=O)CCCCC(=O)O)cc1. The average molecular weight is 342 g/mol. The Morgan fingerprint density at radius 2 is 1.70 bits per heavy atom. The Morgan fingerprint density at radius 1 is 1.09 bits per heavy atom. The molecule has 128 valence electrons. The number of benzene rings is 1. The topological polar surface area (TPSA) is 113 Å². The molecule has 0 aliphatic carbocycles. The molecule has 0 aliphatic heterocycles. The zero-order valence-electron chi connectivity index (χ0n) is 13.0. The van der Waals surface area contributed by atoms with Crippen LogP contribution in [0.4, 0.5) is 0 Å². The Kier molecular flexibility index (Phi) is 7.70. The van der Waals surface area contributed by atoms with Crippen LogP contribution in [0, 0.1) is 0 Å². The van der Waals surface area contributed by atoms with Crippen LogP contribution in [-0.4, -0.2) is 31.9 Å². The normalized spacial score (nSPS) is 11.2. The quantitative estimate of drug-likeness (QED) is 0.554.